The fourth-order valence-electron chi connectivity index (χ4n) is 5.37. The molecule has 0 spiro atoms. The number of fused-ring (bicyclic) bond motifs is 1. The molecule has 2 atom stereocenters. The highest BCUT2D eigenvalue weighted by molar-refractivity contribution is 9.10. The van der Waals surface area contributed by atoms with Gasteiger partial charge in [0, 0.05) is 27.5 Å². The fraction of sp³-hybridized carbons (Fsp3) is 0.393. The lowest BCUT2D eigenvalue weighted by atomic mass is 9.92. The Hall–Kier alpha value is -2.44. The Morgan fingerprint density at radius 1 is 1.15 bits per heavy atom. The van der Waals surface area contributed by atoms with E-state index in [0.717, 1.165) is 14.3 Å². The largest absolute Gasteiger partial charge is 0.459 e. The summed E-state index contributed by atoms with van der Waals surface area (Å²) in [5.74, 6) is -0.897. The van der Waals surface area contributed by atoms with Crippen LogP contribution in [0.1, 0.15) is 46.1 Å². The van der Waals surface area contributed by atoms with E-state index < -0.39 is 39.1 Å². The number of anilines is 2. The van der Waals surface area contributed by atoms with Crippen LogP contribution in [-0.4, -0.2) is 52.3 Å². The number of imidazole rings is 1. The number of esters is 1. The minimum absolute atomic E-state index is 0.111. The van der Waals surface area contributed by atoms with E-state index in [2.05, 4.69) is 20.9 Å². The Morgan fingerprint density at radius 3 is 2.39 bits per heavy atom. The quantitative estimate of drug-likeness (QED) is 0.292. The van der Waals surface area contributed by atoms with Crippen LogP contribution in [0, 0.1) is 0 Å². The van der Waals surface area contributed by atoms with Crippen molar-refractivity contribution in [2.45, 2.75) is 69.2 Å². The lowest BCUT2D eigenvalue weighted by Crippen LogP contribution is -2.46. The number of rotatable bonds is 6. The van der Waals surface area contributed by atoms with E-state index in [4.69, 9.17) is 27.9 Å². The molecule has 0 saturated carbocycles. The average Bonchev–Trinajstić information content (AvgIpc) is 3.56. The maximum absolute atomic E-state index is 14.3. The monoisotopic (exact) mass is 682 g/mol. The van der Waals surface area contributed by atoms with Crippen molar-refractivity contribution in [2.75, 3.05) is 11.4 Å². The number of nitrogens with zero attached hydrogens (tertiary/aromatic N) is 4. The van der Waals surface area contributed by atoms with Crippen molar-refractivity contribution in [3.05, 3.63) is 68.7 Å². The summed E-state index contributed by atoms with van der Waals surface area (Å²) in [5, 5.41) is 0.432. The summed E-state index contributed by atoms with van der Waals surface area (Å²) in [6.45, 7) is 7.02. The Balaban J connectivity index is 1.64. The number of aromatic nitrogens is 2. The van der Waals surface area contributed by atoms with Gasteiger partial charge in [0.25, 0.3) is 15.9 Å². The summed E-state index contributed by atoms with van der Waals surface area (Å²) < 4.78 is 37.5. The van der Waals surface area contributed by atoms with Crippen molar-refractivity contribution in [2.24, 2.45) is 0 Å². The number of carbonyl (C=O) groups is 2. The zero-order valence-corrected chi connectivity index (χ0v) is 26.8. The van der Waals surface area contributed by atoms with E-state index in [1.165, 1.54) is 15.7 Å². The van der Waals surface area contributed by atoms with Crippen molar-refractivity contribution < 1.29 is 22.7 Å². The maximum atomic E-state index is 14.3. The van der Waals surface area contributed by atoms with Crippen molar-refractivity contribution in [1.82, 2.24) is 13.9 Å². The molecule has 0 aliphatic carbocycles. The molecule has 0 radical (unpaired) electrons. The van der Waals surface area contributed by atoms with Gasteiger partial charge in [0.1, 0.15) is 17.2 Å². The summed E-state index contributed by atoms with van der Waals surface area (Å²) in [4.78, 5) is 33.1. The Kier molecular flexibility index (Phi) is 7.82. The molecule has 13 heteroatoms. The van der Waals surface area contributed by atoms with Gasteiger partial charge >= 0.3 is 5.97 Å². The zero-order chi connectivity index (χ0) is 29.9. The van der Waals surface area contributed by atoms with Crippen LogP contribution in [0.25, 0.3) is 0 Å². The van der Waals surface area contributed by atoms with Gasteiger partial charge in [-0.05, 0) is 76.4 Å². The molecule has 3 heterocycles. The fourth-order valence-corrected chi connectivity index (χ4v) is 7.98. The highest BCUT2D eigenvalue weighted by Gasteiger charge is 2.53. The van der Waals surface area contributed by atoms with Gasteiger partial charge in [0.2, 0.25) is 5.95 Å². The topological polar surface area (TPSA) is 102 Å². The van der Waals surface area contributed by atoms with Gasteiger partial charge in [0.15, 0.2) is 5.03 Å². The maximum Gasteiger partial charge on any atom is 0.324 e. The third-order valence-electron chi connectivity index (χ3n) is 7.09. The second-order valence-electron chi connectivity index (χ2n) is 11.4. The van der Waals surface area contributed by atoms with Gasteiger partial charge in [-0.15, -0.1) is 0 Å². The number of hydrogen-bond donors (Lipinski definition) is 0. The number of amides is 1. The third-order valence-corrected chi connectivity index (χ3v) is 9.93. The van der Waals surface area contributed by atoms with E-state index in [-0.39, 0.29) is 23.9 Å². The van der Waals surface area contributed by atoms with Gasteiger partial charge in [-0.25, -0.2) is 18.3 Å². The predicted molar refractivity (Wildman–Crippen MR) is 160 cm³/mol. The molecule has 3 aromatic rings. The van der Waals surface area contributed by atoms with Gasteiger partial charge in [-0.1, -0.05) is 51.3 Å². The molecule has 2 aromatic carbocycles. The normalized spacial score (nSPS) is 21.4. The molecular weight excluding hydrogens is 655 g/mol. The molecule has 1 saturated heterocycles. The first-order valence-corrected chi connectivity index (χ1v) is 16.0. The van der Waals surface area contributed by atoms with Gasteiger partial charge in [0.05, 0.1) is 11.9 Å². The average molecular weight is 684 g/mol. The van der Waals surface area contributed by atoms with Crippen LogP contribution < -0.4 is 4.90 Å². The highest BCUT2D eigenvalue weighted by atomic mass is 79.9. The molecule has 0 bridgehead atoms. The van der Waals surface area contributed by atoms with Crippen LogP contribution in [0.5, 0.6) is 0 Å². The molecule has 2 aliphatic heterocycles. The number of carbonyl (C=O) groups excluding carboxylic acids is 2. The van der Waals surface area contributed by atoms with E-state index in [1.54, 1.807) is 45.9 Å². The third kappa shape index (κ3) is 5.54. The molecule has 218 valence electrons. The molecule has 5 rings (SSSR count). The number of sulfonamides is 1. The van der Waals surface area contributed by atoms with Crippen LogP contribution >= 0.6 is 39.1 Å². The number of benzene rings is 2. The van der Waals surface area contributed by atoms with E-state index in [1.807, 2.05) is 24.3 Å². The van der Waals surface area contributed by atoms with Crippen molar-refractivity contribution in [3.63, 3.8) is 0 Å². The molecule has 0 N–H and O–H groups in total. The summed E-state index contributed by atoms with van der Waals surface area (Å²) >= 11 is 16.0. The predicted octanol–water partition coefficient (Wildman–Crippen LogP) is 6.08. The van der Waals surface area contributed by atoms with E-state index in [0.29, 0.717) is 28.6 Å². The van der Waals surface area contributed by atoms with Crippen LogP contribution in [-0.2, 0) is 36.3 Å². The van der Waals surface area contributed by atoms with Gasteiger partial charge < -0.3 is 4.74 Å². The molecular formula is C28H29BrCl2N4O5S. The van der Waals surface area contributed by atoms with Gasteiger partial charge in [-0.2, -0.15) is 4.31 Å². The van der Waals surface area contributed by atoms with Crippen LogP contribution in [0.15, 0.2) is 58.2 Å². The summed E-state index contributed by atoms with van der Waals surface area (Å²) in [6.07, 6.45) is 2.23. The Bertz CT molecular complexity index is 1620. The number of ether oxygens (including phenoxy) is 1. The van der Waals surface area contributed by atoms with Crippen LogP contribution in [0.2, 0.25) is 10.0 Å². The first-order chi connectivity index (χ1) is 19.1. The Labute approximate surface area is 257 Å². The Morgan fingerprint density at radius 2 is 1.78 bits per heavy atom. The molecule has 9 nitrogen and oxygen atoms in total. The molecule has 1 fully saturated rings. The number of hydrogen-bond acceptors (Lipinski definition) is 6. The molecule has 2 aliphatic rings. The summed E-state index contributed by atoms with van der Waals surface area (Å²) in [6, 6.07) is 11.1. The van der Waals surface area contributed by atoms with E-state index >= 15 is 0 Å². The lowest BCUT2D eigenvalue weighted by molar-refractivity contribution is -0.158. The first kappa shape index (κ1) is 30.0. The molecule has 2 unspecified atom stereocenters. The van der Waals surface area contributed by atoms with Crippen molar-refractivity contribution in [3.8, 4) is 0 Å². The smallest absolute Gasteiger partial charge is 0.324 e. The van der Waals surface area contributed by atoms with Gasteiger partial charge in [-0.3, -0.25) is 14.2 Å². The minimum Gasteiger partial charge on any atom is -0.459 e. The SMILES string of the molecule is CC(C)(C)OC(=O)C1CCCN1S(=O)(=O)c1cnc2n1C(C)(Cc1ccc(Br)cc1)C(=O)N2c1cc(Cl)cc(Cl)c1. The summed E-state index contributed by atoms with van der Waals surface area (Å²) in [5.41, 5.74) is -0.999. The van der Waals surface area contributed by atoms with Crippen LogP contribution in [0.4, 0.5) is 11.6 Å². The highest BCUT2D eigenvalue weighted by Crippen LogP contribution is 2.45. The van der Waals surface area contributed by atoms with Crippen molar-refractivity contribution >= 4 is 72.7 Å². The van der Waals surface area contributed by atoms with Crippen molar-refractivity contribution in [1.29, 1.82) is 0 Å². The zero-order valence-electron chi connectivity index (χ0n) is 22.9. The first-order valence-electron chi connectivity index (χ1n) is 13.0. The summed E-state index contributed by atoms with van der Waals surface area (Å²) in [7, 11) is -4.29. The van der Waals surface area contributed by atoms with E-state index in [9.17, 15) is 18.0 Å². The standard InChI is InChI=1S/C28H29BrCl2N4O5S/c1-27(2,3)40-24(36)22-6-5-11-33(22)41(38,39)23-16-32-26-34(21-13-19(30)12-20(31)14-21)25(37)28(4,35(23)26)15-17-7-9-18(29)10-8-17/h7-10,12-14,16,22H,5-6,11,15H2,1-4H3. The molecule has 41 heavy (non-hydrogen) atoms. The second-order valence-corrected chi connectivity index (χ2v) is 15.0. The second kappa shape index (κ2) is 10.7. The molecule has 1 aromatic heterocycles. The van der Waals surface area contributed by atoms with Crippen LogP contribution in [0.3, 0.4) is 0 Å². The molecule has 1 amide bonds. The minimum atomic E-state index is -4.29. The lowest BCUT2D eigenvalue weighted by Gasteiger charge is -2.29. The number of halogens is 3.